The van der Waals surface area contributed by atoms with Gasteiger partial charge in [-0.15, -0.1) is 0 Å². The van der Waals surface area contributed by atoms with Gasteiger partial charge in [-0.25, -0.2) is 0 Å². The van der Waals surface area contributed by atoms with Crippen LogP contribution in [0.4, 0.5) is 0 Å². The average molecular weight is 1040 g/mol. The molecule has 4 unspecified atom stereocenters. The van der Waals surface area contributed by atoms with Gasteiger partial charge in [0.15, 0.2) is 0 Å². The second-order valence-corrected chi connectivity index (χ2v) is 41.3. The zero-order valence-corrected chi connectivity index (χ0v) is 48.5. The van der Waals surface area contributed by atoms with Crippen LogP contribution in [0.2, 0.25) is 69.5 Å². The number of carbonyl (C=O) groups is 2. The van der Waals surface area contributed by atoms with E-state index in [4.69, 9.17) is 37.6 Å². The summed E-state index contributed by atoms with van der Waals surface area (Å²) in [7, 11) is -3.38. The molecule has 14 heteroatoms. The second-order valence-electron chi connectivity index (χ2n) is 22.6. The van der Waals surface area contributed by atoms with Crippen molar-refractivity contribution in [1.82, 2.24) is 0 Å². The summed E-state index contributed by atoms with van der Waals surface area (Å²) in [4.78, 5) is 28.3. The molecular weight excluding hydrogens is 960 g/mol. The SMILES string of the molecule is COCOc1cc(OCC[Si](C)(C)C)cc(C(CC[C@H]2OC(C)(C)OC2C(CC[C@@H](C)C(C)O[Si](C)(C)C(C)(C)C)OC(=O)c2ccccc2)[Se]c2ccccc2)c1C(=O)OCC[Si](C)(C)C. The molecule has 0 radical (unpaired) electrons. The van der Waals surface area contributed by atoms with Gasteiger partial charge in [-0.1, -0.05) is 20.8 Å². The summed E-state index contributed by atoms with van der Waals surface area (Å²) in [6, 6.07) is 25.2. The first kappa shape index (κ1) is 56.8. The number of methoxy groups -OCH3 is 1. The Morgan fingerprint density at radius 1 is 0.776 bits per heavy atom. The van der Waals surface area contributed by atoms with Gasteiger partial charge in [-0.3, -0.25) is 0 Å². The molecule has 0 aromatic heterocycles. The first-order valence-corrected chi connectivity index (χ1v) is 36.5. The van der Waals surface area contributed by atoms with E-state index in [-0.39, 0.29) is 43.6 Å². The zero-order chi connectivity index (χ0) is 49.8. The van der Waals surface area contributed by atoms with E-state index in [9.17, 15) is 9.59 Å². The van der Waals surface area contributed by atoms with Crippen molar-refractivity contribution in [1.29, 1.82) is 0 Å². The van der Waals surface area contributed by atoms with Gasteiger partial charge in [0, 0.05) is 0 Å². The molecular formula is C53H84O10SeSi3. The molecule has 374 valence electrons. The van der Waals surface area contributed by atoms with E-state index in [1.54, 1.807) is 19.2 Å². The molecule has 1 aliphatic rings. The fourth-order valence-electron chi connectivity index (χ4n) is 7.55. The van der Waals surface area contributed by atoms with Crippen LogP contribution in [0.3, 0.4) is 0 Å². The summed E-state index contributed by atoms with van der Waals surface area (Å²) in [6.45, 7) is 34.2. The van der Waals surface area contributed by atoms with Gasteiger partial charge in [0.25, 0.3) is 0 Å². The Kier molecular flexibility index (Phi) is 21.1. The average Bonchev–Trinajstić information content (AvgIpc) is 3.55. The molecule has 1 saturated heterocycles. The molecule has 3 aromatic carbocycles. The molecule has 6 atom stereocenters. The van der Waals surface area contributed by atoms with Crippen molar-refractivity contribution in [3.05, 3.63) is 89.5 Å². The van der Waals surface area contributed by atoms with Crippen LogP contribution >= 0.6 is 0 Å². The number of esters is 2. The van der Waals surface area contributed by atoms with Crippen molar-refractivity contribution >= 4 is 55.8 Å². The fraction of sp³-hybridized carbons (Fsp3) is 0.623. The van der Waals surface area contributed by atoms with Crippen molar-refractivity contribution in [2.75, 3.05) is 27.1 Å². The van der Waals surface area contributed by atoms with E-state index >= 15 is 0 Å². The molecule has 3 aromatic rings. The van der Waals surface area contributed by atoms with Crippen LogP contribution in [0.15, 0.2) is 72.8 Å². The topological polar surface area (TPSA) is 108 Å². The number of hydrogen-bond acceptors (Lipinski definition) is 10. The monoisotopic (exact) mass is 1040 g/mol. The van der Waals surface area contributed by atoms with Gasteiger partial charge in [0.1, 0.15) is 0 Å². The maximum atomic E-state index is 14.5. The van der Waals surface area contributed by atoms with Crippen molar-refractivity contribution in [2.24, 2.45) is 5.92 Å². The van der Waals surface area contributed by atoms with Crippen LogP contribution in [0.1, 0.15) is 105 Å². The van der Waals surface area contributed by atoms with Gasteiger partial charge >= 0.3 is 377 Å². The first-order chi connectivity index (χ1) is 31.2. The van der Waals surface area contributed by atoms with Crippen molar-refractivity contribution in [3.8, 4) is 11.5 Å². The summed E-state index contributed by atoms with van der Waals surface area (Å²) in [6.07, 6.45) is 0.937. The number of ether oxygens (including phenoxy) is 7. The Morgan fingerprint density at radius 3 is 1.99 bits per heavy atom. The Morgan fingerprint density at radius 2 is 1.39 bits per heavy atom. The molecule has 0 saturated carbocycles. The predicted octanol–water partition coefficient (Wildman–Crippen LogP) is 12.3. The number of rotatable bonds is 26. The summed E-state index contributed by atoms with van der Waals surface area (Å²) in [5, 5.41) is 0.0808. The Balaban J connectivity index is 1.77. The Bertz CT molecular complexity index is 2000. The Labute approximate surface area is 413 Å². The maximum absolute atomic E-state index is 14.5. The molecule has 0 amide bonds. The number of benzene rings is 3. The van der Waals surface area contributed by atoms with Gasteiger partial charge in [0.05, 0.1) is 0 Å². The predicted molar refractivity (Wildman–Crippen MR) is 280 cm³/mol. The molecule has 0 aliphatic carbocycles. The van der Waals surface area contributed by atoms with Gasteiger partial charge in [-0.2, -0.15) is 0 Å². The van der Waals surface area contributed by atoms with E-state index in [0.717, 1.165) is 24.1 Å². The van der Waals surface area contributed by atoms with E-state index in [1.807, 2.05) is 50.2 Å². The van der Waals surface area contributed by atoms with Gasteiger partial charge in [-0.05, 0) is 18.1 Å². The molecule has 4 rings (SSSR count). The molecule has 67 heavy (non-hydrogen) atoms. The van der Waals surface area contributed by atoms with Crippen molar-refractivity contribution < 1.29 is 47.2 Å². The summed E-state index contributed by atoms with van der Waals surface area (Å²) in [5.41, 5.74) is 1.69. The van der Waals surface area contributed by atoms with Crippen LogP contribution in [-0.2, 0) is 28.1 Å². The van der Waals surface area contributed by atoms with E-state index in [1.165, 1.54) is 4.46 Å². The van der Waals surface area contributed by atoms with Crippen LogP contribution in [0.25, 0.3) is 0 Å². The minimum atomic E-state index is -2.02. The number of carbonyl (C=O) groups excluding carboxylic acids is 2. The number of hydrogen-bond donors (Lipinski definition) is 0. The Hall–Kier alpha value is -2.79. The molecule has 10 nitrogen and oxygen atoms in total. The summed E-state index contributed by atoms with van der Waals surface area (Å²) >= 11 is -0.163. The third-order valence-electron chi connectivity index (χ3n) is 12.8. The van der Waals surface area contributed by atoms with Crippen LogP contribution in [0.5, 0.6) is 11.5 Å². The van der Waals surface area contributed by atoms with E-state index < -0.39 is 60.5 Å². The fourth-order valence-corrected chi connectivity index (χ4v) is 13.0. The van der Waals surface area contributed by atoms with Crippen molar-refractivity contribution in [2.45, 2.75) is 179 Å². The van der Waals surface area contributed by atoms with Crippen LogP contribution in [0, 0.1) is 5.92 Å². The van der Waals surface area contributed by atoms with E-state index in [2.05, 4.69) is 111 Å². The minimum absolute atomic E-state index is 0.0183. The summed E-state index contributed by atoms with van der Waals surface area (Å²) in [5.74, 6) is -0.545. The van der Waals surface area contributed by atoms with Crippen molar-refractivity contribution in [3.63, 3.8) is 0 Å². The third-order valence-corrected chi connectivity index (χ3v) is 23.5. The quantitative estimate of drug-likeness (QED) is 0.0438. The van der Waals surface area contributed by atoms with Gasteiger partial charge < -0.3 is 0 Å². The first-order valence-electron chi connectivity index (χ1n) is 24.3. The van der Waals surface area contributed by atoms with Crippen LogP contribution < -0.4 is 13.9 Å². The van der Waals surface area contributed by atoms with Crippen LogP contribution in [-0.4, -0.2) is 109 Å². The molecule has 1 fully saturated rings. The molecule has 1 heterocycles. The molecule has 0 spiro atoms. The third kappa shape index (κ3) is 18.5. The van der Waals surface area contributed by atoms with E-state index in [0.29, 0.717) is 55.1 Å². The normalized spacial score (nSPS) is 18.4. The molecule has 0 bridgehead atoms. The zero-order valence-electron chi connectivity index (χ0n) is 43.7. The molecule has 1 aliphatic heterocycles. The standard InChI is InChI=1S/C53H84O10SeSi3/c1-38(39(2)63-67(15,16)52(3,4)5)27-28-44(60-50(54)40-23-19-17-20-24-40)49-45(61-53(6,7)62-49)29-30-47(64-42-25-21-18-22-26-42)43-35-41(57-31-33-65(9,10)11)36-46(59-37-56-8)48(43)51(55)58-32-34-66(12,13)14/h17-26,35-36,38-39,44-45,47,49H,27-34,37H2,1-16H3/t38-,39?,44?,45-,47?,49?/m1/s1. The van der Waals surface area contributed by atoms with Gasteiger partial charge in [0.2, 0.25) is 0 Å². The summed E-state index contributed by atoms with van der Waals surface area (Å²) < 4.78 is 52.4. The molecule has 0 N–H and O–H groups in total. The second kappa shape index (κ2) is 24.9.